The van der Waals surface area contributed by atoms with Gasteiger partial charge in [-0.2, -0.15) is 0 Å². The number of nitrogens with two attached hydrogens (primary N) is 1. The summed E-state index contributed by atoms with van der Waals surface area (Å²) in [7, 11) is 0. The summed E-state index contributed by atoms with van der Waals surface area (Å²) in [5.74, 6) is 0.0291. The number of carbonyl (C=O) groups excluding carboxylic acids is 2. The smallest absolute Gasteiger partial charge is 0.255 e. The number of pyridine rings is 1. The van der Waals surface area contributed by atoms with Crippen LogP contribution in [0.15, 0.2) is 42.7 Å². The molecule has 1 aromatic carbocycles. The molecule has 1 saturated heterocycles. The molecule has 0 bridgehead atoms. The van der Waals surface area contributed by atoms with E-state index >= 15 is 0 Å². The number of hydrogen-bond donors (Lipinski definition) is 1. The molecule has 0 saturated carbocycles. The fraction of sp³-hybridized carbons (Fsp3) is 0.316. The monoisotopic (exact) mass is 323 g/mol. The number of primary amides is 1. The van der Waals surface area contributed by atoms with Gasteiger partial charge in [0.05, 0.1) is 5.56 Å². The average Bonchev–Trinajstić information content (AvgIpc) is 3.03. The molecule has 5 heteroatoms. The zero-order valence-corrected chi connectivity index (χ0v) is 13.7. The van der Waals surface area contributed by atoms with Crippen LogP contribution in [-0.2, 0) is 6.42 Å². The molecule has 2 N–H and O–H groups in total. The lowest BCUT2D eigenvalue weighted by molar-refractivity contribution is 0.0786. The van der Waals surface area contributed by atoms with Crippen LogP contribution in [0, 0.1) is 12.8 Å². The highest BCUT2D eigenvalue weighted by Gasteiger charge is 2.27. The van der Waals surface area contributed by atoms with E-state index in [1.165, 1.54) is 0 Å². The molecule has 2 amide bonds. The predicted molar refractivity (Wildman–Crippen MR) is 91.6 cm³/mol. The molecule has 24 heavy (non-hydrogen) atoms. The zero-order chi connectivity index (χ0) is 17.1. The van der Waals surface area contributed by atoms with Crippen molar-refractivity contribution in [3.63, 3.8) is 0 Å². The van der Waals surface area contributed by atoms with Crippen LogP contribution in [0.2, 0.25) is 0 Å². The Hall–Kier alpha value is -2.69. The molecule has 0 spiro atoms. The Morgan fingerprint density at radius 1 is 1.25 bits per heavy atom. The van der Waals surface area contributed by atoms with Crippen molar-refractivity contribution >= 4 is 11.8 Å². The van der Waals surface area contributed by atoms with Crippen LogP contribution in [0.1, 0.15) is 38.3 Å². The molecule has 1 fully saturated rings. The molecule has 1 aliphatic heterocycles. The van der Waals surface area contributed by atoms with E-state index in [0.717, 1.165) is 37.1 Å². The van der Waals surface area contributed by atoms with Gasteiger partial charge in [0, 0.05) is 31.0 Å². The first-order valence-electron chi connectivity index (χ1n) is 8.12. The van der Waals surface area contributed by atoms with Crippen LogP contribution >= 0.6 is 0 Å². The standard InChI is InChI=1S/C19H21N3O2/c1-13-7-17(11-21-10-13)19(24)22-6-5-15(12-22)8-14-3-2-4-16(9-14)18(20)23/h2-4,7,9-11,15H,5-6,8,12H2,1H3,(H2,20,23)/t15-/m0/s1. The van der Waals surface area contributed by atoms with Gasteiger partial charge in [-0.1, -0.05) is 12.1 Å². The lowest BCUT2D eigenvalue weighted by Crippen LogP contribution is -2.29. The first kappa shape index (κ1) is 16.2. The number of benzene rings is 1. The van der Waals surface area contributed by atoms with E-state index in [1.54, 1.807) is 18.5 Å². The van der Waals surface area contributed by atoms with Crippen molar-refractivity contribution in [3.8, 4) is 0 Å². The minimum Gasteiger partial charge on any atom is -0.366 e. The first-order valence-corrected chi connectivity index (χ1v) is 8.12. The molecule has 0 unspecified atom stereocenters. The maximum absolute atomic E-state index is 12.6. The van der Waals surface area contributed by atoms with Gasteiger partial charge in [0.25, 0.3) is 5.91 Å². The number of nitrogens with zero attached hydrogens (tertiary/aromatic N) is 2. The minimum absolute atomic E-state index is 0.0413. The summed E-state index contributed by atoms with van der Waals surface area (Å²) in [6, 6.07) is 9.30. The Labute approximate surface area is 141 Å². The third-order valence-electron chi connectivity index (χ3n) is 4.43. The van der Waals surface area contributed by atoms with Crippen molar-refractivity contribution in [1.82, 2.24) is 9.88 Å². The number of aromatic nitrogens is 1. The van der Waals surface area contributed by atoms with Gasteiger partial charge in [0.2, 0.25) is 5.91 Å². The molecule has 5 nitrogen and oxygen atoms in total. The Kier molecular flexibility index (Phi) is 4.60. The fourth-order valence-electron chi connectivity index (χ4n) is 3.22. The number of likely N-dealkylation sites (tertiary alicyclic amines) is 1. The number of hydrogen-bond acceptors (Lipinski definition) is 3. The maximum atomic E-state index is 12.6. The van der Waals surface area contributed by atoms with Crippen LogP contribution in [0.3, 0.4) is 0 Å². The Bertz CT molecular complexity index is 773. The normalized spacial score (nSPS) is 17.0. The summed E-state index contributed by atoms with van der Waals surface area (Å²) in [5.41, 5.74) is 8.58. The van der Waals surface area contributed by atoms with E-state index in [9.17, 15) is 9.59 Å². The van der Waals surface area contributed by atoms with Crippen LogP contribution in [-0.4, -0.2) is 34.8 Å². The van der Waals surface area contributed by atoms with E-state index in [1.807, 2.05) is 36.1 Å². The predicted octanol–water partition coefficient (Wildman–Crippen LogP) is 2.19. The van der Waals surface area contributed by atoms with Crippen molar-refractivity contribution in [1.29, 1.82) is 0 Å². The number of amides is 2. The molecule has 1 aromatic heterocycles. The van der Waals surface area contributed by atoms with Gasteiger partial charge in [-0.15, -0.1) is 0 Å². The summed E-state index contributed by atoms with van der Waals surface area (Å²) in [6.45, 7) is 3.42. The highest BCUT2D eigenvalue weighted by atomic mass is 16.2. The number of aryl methyl sites for hydroxylation is 1. The summed E-state index contributed by atoms with van der Waals surface area (Å²) in [6.07, 6.45) is 5.18. The zero-order valence-electron chi connectivity index (χ0n) is 13.7. The largest absolute Gasteiger partial charge is 0.366 e. The fourth-order valence-corrected chi connectivity index (χ4v) is 3.22. The highest BCUT2D eigenvalue weighted by molar-refractivity contribution is 5.94. The summed E-state index contributed by atoms with van der Waals surface area (Å²) >= 11 is 0. The second-order valence-corrected chi connectivity index (χ2v) is 6.43. The Morgan fingerprint density at radius 3 is 2.83 bits per heavy atom. The first-order chi connectivity index (χ1) is 11.5. The van der Waals surface area contributed by atoms with Gasteiger partial charge in [0.15, 0.2) is 0 Å². The van der Waals surface area contributed by atoms with Gasteiger partial charge in [-0.3, -0.25) is 14.6 Å². The van der Waals surface area contributed by atoms with Crippen molar-refractivity contribution in [2.24, 2.45) is 11.7 Å². The summed E-state index contributed by atoms with van der Waals surface area (Å²) in [4.78, 5) is 29.8. The Morgan fingerprint density at radius 2 is 2.08 bits per heavy atom. The van der Waals surface area contributed by atoms with Crippen LogP contribution in [0.4, 0.5) is 0 Å². The Balaban J connectivity index is 1.64. The van der Waals surface area contributed by atoms with Crippen LogP contribution in [0.5, 0.6) is 0 Å². The minimum atomic E-state index is -0.410. The molecule has 1 aliphatic rings. The second-order valence-electron chi connectivity index (χ2n) is 6.43. The quantitative estimate of drug-likeness (QED) is 0.937. The van der Waals surface area contributed by atoms with E-state index in [0.29, 0.717) is 17.0 Å². The molecule has 124 valence electrons. The van der Waals surface area contributed by atoms with Crippen molar-refractivity contribution in [2.75, 3.05) is 13.1 Å². The van der Waals surface area contributed by atoms with Gasteiger partial charge in [-0.25, -0.2) is 0 Å². The van der Waals surface area contributed by atoms with Crippen molar-refractivity contribution < 1.29 is 9.59 Å². The van der Waals surface area contributed by atoms with E-state index < -0.39 is 5.91 Å². The SMILES string of the molecule is Cc1cncc(C(=O)N2CC[C@@H](Cc3cccc(C(N)=O)c3)C2)c1. The summed E-state index contributed by atoms with van der Waals surface area (Å²) in [5, 5.41) is 0. The average molecular weight is 323 g/mol. The van der Waals surface area contributed by atoms with Crippen molar-refractivity contribution in [2.45, 2.75) is 19.8 Å². The van der Waals surface area contributed by atoms with Gasteiger partial charge in [0.1, 0.15) is 0 Å². The summed E-state index contributed by atoms with van der Waals surface area (Å²) < 4.78 is 0. The third kappa shape index (κ3) is 3.62. The van der Waals surface area contributed by atoms with Crippen LogP contribution < -0.4 is 5.73 Å². The molecule has 0 radical (unpaired) electrons. The molecule has 2 aromatic rings. The van der Waals surface area contributed by atoms with Crippen LogP contribution in [0.25, 0.3) is 0 Å². The number of carbonyl (C=O) groups is 2. The number of rotatable bonds is 4. The molecule has 1 atom stereocenters. The second kappa shape index (κ2) is 6.83. The lowest BCUT2D eigenvalue weighted by atomic mass is 9.97. The highest BCUT2D eigenvalue weighted by Crippen LogP contribution is 2.23. The third-order valence-corrected chi connectivity index (χ3v) is 4.43. The van der Waals surface area contributed by atoms with Crippen molar-refractivity contribution in [3.05, 3.63) is 65.0 Å². The molecular weight excluding hydrogens is 302 g/mol. The lowest BCUT2D eigenvalue weighted by Gasteiger charge is -2.17. The maximum Gasteiger partial charge on any atom is 0.255 e. The van der Waals surface area contributed by atoms with E-state index in [-0.39, 0.29) is 5.91 Å². The van der Waals surface area contributed by atoms with E-state index in [4.69, 9.17) is 5.73 Å². The molecule has 0 aliphatic carbocycles. The topological polar surface area (TPSA) is 76.3 Å². The molecule has 2 heterocycles. The molecular formula is C19H21N3O2. The van der Waals surface area contributed by atoms with Gasteiger partial charge in [-0.05, 0) is 55.0 Å². The van der Waals surface area contributed by atoms with Gasteiger partial charge >= 0.3 is 0 Å². The molecule has 3 rings (SSSR count). The van der Waals surface area contributed by atoms with Gasteiger partial charge < -0.3 is 10.6 Å². The van der Waals surface area contributed by atoms with E-state index in [2.05, 4.69) is 4.98 Å².